The van der Waals surface area contributed by atoms with Gasteiger partial charge < -0.3 is 13.6 Å². The maximum Gasteiger partial charge on any atom is 0.221 e. The first-order valence-electron chi connectivity index (χ1n) is 8.18. The molecule has 0 unspecified atom stereocenters. The van der Waals surface area contributed by atoms with Crippen LogP contribution in [0.5, 0.6) is 5.75 Å². The lowest BCUT2D eigenvalue weighted by Crippen LogP contribution is -1.89. The van der Waals surface area contributed by atoms with E-state index in [1.54, 1.807) is 19.3 Å². The van der Waals surface area contributed by atoms with E-state index in [1.807, 2.05) is 60.7 Å². The molecule has 0 radical (unpaired) electrons. The minimum atomic E-state index is -0.205. The fraction of sp³-hybridized carbons (Fsp3) is 0.0455. The number of benzene rings is 2. The molecule has 2 heterocycles. The van der Waals surface area contributed by atoms with Crippen molar-refractivity contribution in [2.45, 2.75) is 0 Å². The number of hydrogen-bond donors (Lipinski definition) is 0. The zero-order valence-corrected chi connectivity index (χ0v) is 14.1. The molecule has 0 fully saturated rings. The molecule has 0 N–H and O–H groups in total. The van der Waals surface area contributed by atoms with Crippen LogP contribution in [0.3, 0.4) is 0 Å². The summed E-state index contributed by atoms with van der Waals surface area (Å²) in [6.45, 7) is 0. The molecule has 0 saturated heterocycles. The summed E-state index contributed by atoms with van der Waals surface area (Å²) in [5, 5.41) is 0.907. The van der Waals surface area contributed by atoms with Crippen LogP contribution >= 0.6 is 0 Å². The molecular weight excluding hydrogens is 328 g/mol. The standard InChI is InChI=1S/C22H16O4/c1-24-17-8-6-15(7-9-17)21-13-11-18(25-21)10-12-19(23)22-14-16-4-2-3-5-20(16)26-22/h2-14H,1H3. The van der Waals surface area contributed by atoms with Crippen LogP contribution in [0, 0.1) is 0 Å². The number of rotatable bonds is 5. The minimum Gasteiger partial charge on any atom is -0.497 e. The third-order valence-corrected chi connectivity index (χ3v) is 4.07. The lowest BCUT2D eigenvalue weighted by atomic mass is 10.2. The van der Waals surface area contributed by atoms with Gasteiger partial charge in [-0.3, -0.25) is 4.79 Å². The van der Waals surface area contributed by atoms with E-state index in [1.165, 1.54) is 6.08 Å². The molecule has 128 valence electrons. The molecule has 0 atom stereocenters. The number of fused-ring (bicyclic) bond motifs is 1. The van der Waals surface area contributed by atoms with Crippen LogP contribution < -0.4 is 4.74 Å². The molecule has 0 aliphatic heterocycles. The second-order valence-electron chi connectivity index (χ2n) is 5.78. The molecule has 0 aliphatic rings. The van der Waals surface area contributed by atoms with Gasteiger partial charge in [0.15, 0.2) is 5.76 Å². The first-order chi connectivity index (χ1) is 12.7. The molecule has 4 heteroatoms. The summed E-state index contributed by atoms with van der Waals surface area (Å²) in [4.78, 5) is 12.3. The number of carbonyl (C=O) groups excluding carboxylic acids is 1. The van der Waals surface area contributed by atoms with Gasteiger partial charge in [-0.15, -0.1) is 0 Å². The molecule has 4 nitrogen and oxygen atoms in total. The second-order valence-corrected chi connectivity index (χ2v) is 5.78. The van der Waals surface area contributed by atoms with E-state index in [2.05, 4.69) is 0 Å². The lowest BCUT2D eigenvalue weighted by Gasteiger charge is -2.00. The molecule has 4 rings (SSSR count). The molecule has 4 aromatic rings. The Kier molecular flexibility index (Phi) is 4.15. The predicted molar refractivity (Wildman–Crippen MR) is 100 cm³/mol. The molecule has 2 aromatic carbocycles. The summed E-state index contributed by atoms with van der Waals surface area (Å²) in [6, 6.07) is 20.6. The van der Waals surface area contributed by atoms with Crippen LogP contribution in [-0.2, 0) is 0 Å². The van der Waals surface area contributed by atoms with Crippen LogP contribution in [0.25, 0.3) is 28.4 Å². The first-order valence-corrected chi connectivity index (χ1v) is 8.18. The summed E-state index contributed by atoms with van der Waals surface area (Å²) in [5.74, 6) is 2.22. The van der Waals surface area contributed by atoms with E-state index in [4.69, 9.17) is 13.6 Å². The largest absolute Gasteiger partial charge is 0.497 e. The van der Waals surface area contributed by atoms with Crippen molar-refractivity contribution in [2.75, 3.05) is 7.11 Å². The van der Waals surface area contributed by atoms with Crippen molar-refractivity contribution >= 4 is 22.8 Å². The Labute approximate surface area is 150 Å². The predicted octanol–water partition coefficient (Wildman–Crippen LogP) is 5.60. The normalized spacial score (nSPS) is 11.3. The zero-order valence-electron chi connectivity index (χ0n) is 14.1. The fourth-order valence-electron chi connectivity index (χ4n) is 2.70. The number of allylic oxidation sites excluding steroid dienone is 1. The molecule has 0 spiro atoms. The number of para-hydroxylation sites is 1. The first kappa shape index (κ1) is 16.0. The number of carbonyl (C=O) groups is 1. The average molecular weight is 344 g/mol. The Bertz CT molecular complexity index is 1050. The van der Waals surface area contributed by atoms with Gasteiger partial charge in [-0.25, -0.2) is 0 Å². The van der Waals surface area contributed by atoms with Gasteiger partial charge in [-0.05, 0) is 60.7 Å². The Balaban J connectivity index is 1.51. The van der Waals surface area contributed by atoms with Crippen LogP contribution in [0.1, 0.15) is 16.3 Å². The molecule has 0 amide bonds. The van der Waals surface area contributed by atoms with Crippen molar-refractivity contribution < 1.29 is 18.4 Å². The van der Waals surface area contributed by atoms with Gasteiger partial charge in [0, 0.05) is 10.9 Å². The molecule has 0 bridgehead atoms. The highest BCUT2D eigenvalue weighted by molar-refractivity contribution is 6.06. The number of hydrogen-bond acceptors (Lipinski definition) is 4. The molecule has 0 saturated carbocycles. The van der Waals surface area contributed by atoms with E-state index in [9.17, 15) is 4.79 Å². The van der Waals surface area contributed by atoms with Crippen LogP contribution in [0.15, 0.2) is 81.6 Å². The van der Waals surface area contributed by atoms with E-state index in [-0.39, 0.29) is 5.78 Å². The van der Waals surface area contributed by atoms with Gasteiger partial charge in [-0.1, -0.05) is 18.2 Å². The monoisotopic (exact) mass is 344 g/mol. The zero-order chi connectivity index (χ0) is 17.9. The van der Waals surface area contributed by atoms with Crippen molar-refractivity contribution in [3.8, 4) is 17.1 Å². The summed E-state index contributed by atoms with van der Waals surface area (Å²) < 4.78 is 16.5. The average Bonchev–Trinajstić information content (AvgIpc) is 3.33. The smallest absolute Gasteiger partial charge is 0.221 e. The van der Waals surface area contributed by atoms with E-state index in [0.717, 1.165) is 22.5 Å². The SMILES string of the molecule is COc1ccc(-c2ccc(C=CC(=O)c3cc4ccccc4o3)o2)cc1. The molecule has 26 heavy (non-hydrogen) atoms. The lowest BCUT2D eigenvalue weighted by molar-refractivity contribution is 0.102. The van der Waals surface area contributed by atoms with Crippen molar-refractivity contribution in [2.24, 2.45) is 0 Å². The maximum absolute atomic E-state index is 12.3. The number of furan rings is 2. The third kappa shape index (κ3) is 3.17. The highest BCUT2D eigenvalue weighted by atomic mass is 16.5. The van der Waals surface area contributed by atoms with Crippen molar-refractivity contribution in [1.29, 1.82) is 0 Å². The number of methoxy groups -OCH3 is 1. The summed E-state index contributed by atoms with van der Waals surface area (Å²) in [6.07, 6.45) is 3.09. The number of ether oxygens (including phenoxy) is 1. The second kappa shape index (κ2) is 6.76. The molecular formula is C22H16O4. The minimum absolute atomic E-state index is 0.205. The van der Waals surface area contributed by atoms with Crippen LogP contribution in [0.2, 0.25) is 0 Å². The van der Waals surface area contributed by atoms with Gasteiger partial charge in [-0.2, -0.15) is 0 Å². The summed E-state index contributed by atoms with van der Waals surface area (Å²) in [7, 11) is 1.63. The van der Waals surface area contributed by atoms with Gasteiger partial charge >= 0.3 is 0 Å². The third-order valence-electron chi connectivity index (χ3n) is 4.07. The molecule has 2 aromatic heterocycles. The fourth-order valence-corrected chi connectivity index (χ4v) is 2.70. The number of ketones is 1. The van der Waals surface area contributed by atoms with Crippen LogP contribution in [0.4, 0.5) is 0 Å². The van der Waals surface area contributed by atoms with Gasteiger partial charge in [0.1, 0.15) is 22.9 Å². The Morgan fingerprint density at radius 3 is 2.54 bits per heavy atom. The van der Waals surface area contributed by atoms with E-state index in [0.29, 0.717) is 17.1 Å². The van der Waals surface area contributed by atoms with E-state index >= 15 is 0 Å². The van der Waals surface area contributed by atoms with Gasteiger partial charge in [0.05, 0.1) is 7.11 Å². The van der Waals surface area contributed by atoms with Crippen molar-refractivity contribution in [3.05, 3.63) is 84.3 Å². The molecule has 0 aliphatic carbocycles. The highest BCUT2D eigenvalue weighted by Crippen LogP contribution is 2.25. The van der Waals surface area contributed by atoms with Gasteiger partial charge in [0.25, 0.3) is 0 Å². The van der Waals surface area contributed by atoms with E-state index < -0.39 is 0 Å². The Morgan fingerprint density at radius 2 is 1.77 bits per heavy atom. The van der Waals surface area contributed by atoms with Gasteiger partial charge in [0.2, 0.25) is 5.78 Å². The maximum atomic E-state index is 12.3. The highest BCUT2D eigenvalue weighted by Gasteiger charge is 2.10. The quantitative estimate of drug-likeness (QED) is 0.349. The summed E-state index contributed by atoms with van der Waals surface area (Å²) >= 11 is 0. The van der Waals surface area contributed by atoms with Crippen molar-refractivity contribution in [1.82, 2.24) is 0 Å². The van der Waals surface area contributed by atoms with Crippen LogP contribution in [-0.4, -0.2) is 12.9 Å². The van der Waals surface area contributed by atoms with Crippen molar-refractivity contribution in [3.63, 3.8) is 0 Å². The Hall–Kier alpha value is -3.53. The summed E-state index contributed by atoms with van der Waals surface area (Å²) in [5.41, 5.74) is 1.64. The Morgan fingerprint density at radius 1 is 0.962 bits per heavy atom. The topological polar surface area (TPSA) is 52.6 Å².